The van der Waals surface area contributed by atoms with Crippen LogP contribution in [-0.2, 0) is 14.3 Å². The van der Waals surface area contributed by atoms with Crippen molar-refractivity contribution < 1.29 is 23.5 Å². The molecule has 0 unspecified atom stereocenters. The summed E-state index contributed by atoms with van der Waals surface area (Å²) < 4.78 is 23.3. The van der Waals surface area contributed by atoms with Gasteiger partial charge >= 0.3 is 5.97 Å². The van der Waals surface area contributed by atoms with Gasteiger partial charge < -0.3 is 9.47 Å². The van der Waals surface area contributed by atoms with Gasteiger partial charge in [-0.25, -0.2) is 4.39 Å². The van der Waals surface area contributed by atoms with Crippen LogP contribution in [0.3, 0.4) is 0 Å². The molecule has 2 aromatic rings. The van der Waals surface area contributed by atoms with Crippen molar-refractivity contribution in [2.75, 3.05) is 18.6 Å². The summed E-state index contributed by atoms with van der Waals surface area (Å²) in [6.45, 7) is -0.226. The number of esters is 1. The highest BCUT2D eigenvalue weighted by molar-refractivity contribution is 6.11. The van der Waals surface area contributed by atoms with Crippen LogP contribution in [0.15, 0.2) is 54.3 Å². The van der Waals surface area contributed by atoms with Crippen molar-refractivity contribution >= 4 is 23.6 Å². The van der Waals surface area contributed by atoms with Gasteiger partial charge in [0.1, 0.15) is 12.4 Å². The topological polar surface area (TPSA) is 55.8 Å². The first-order chi connectivity index (χ1) is 11.6. The molecule has 1 heterocycles. The van der Waals surface area contributed by atoms with Crippen LogP contribution in [0.4, 0.5) is 10.1 Å². The summed E-state index contributed by atoms with van der Waals surface area (Å²) in [6.07, 6.45) is 1.50. The summed E-state index contributed by atoms with van der Waals surface area (Å²) in [6, 6.07) is 12.5. The van der Waals surface area contributed by atoms with Gasteiger partial charge in [0.25, 0.3) is 5.91 Å². The van der Waals surface area contributed by atoms with Gasteiger partial charge in [0, 0.05) is 0 Å². The molecule has 1 amide bonds. The quantitative estimate of drug-likeness (QED) is 0.642. The number of methoxy groups -OCH3 is 1. The minimum atomic E-state index is -0.541. The Bertz CT molecular complexity index is 814. The molecule has 1 aliphatic heterocycles. The summed E-state index contributed by atoms with van der Waals surface area (Å²) in [7, 11) is 1.26. The number of hydrogen-bond acceptors (Lipinski definition) is 4. The fraction of sp³-hybridized carbons (Fsp3) is 0.111. The van der Waals surface area contributed by atoms with Crippen LogP contribution in [-0.4, -0.2) is 25.5 Å². The Balaban J connectivity index is 1.99. The van der Waals surface area contributed by atoms with E-state index in [1.807, 2.05) is 0 Å². The number of benzene rings is 2. The second-order valence-electron chi connectivity index (χ2n) is 5.10. The van der Waals surface area contributed by atoms with Gasteiger partial charge in [-0.3, -0.25) is 14.5 Å². The molecule has 0 radical (unpaired) electrons. The number of para-hydroxylation sites is 2. The van der Waals surface area contributed by atoms with Gasteiger partial charge in [0.2, 0.25) is 0 Å². The standard InChI is InChI=1S/C18H14FNO4/c1-23-17(21)11-20-14-4-2-3-5-15(14)24-16(18(20)22)10-12-6-8-13(19)9-7-12/h2-10H,11H2,1H3. The summed E-state index contributed by atoms with van der Waals surface area (Å²) in [5.74, 6) is -0.881. The third-order valence-corrected chi connectivity index (χ3v) is 3.51. The van der Waals surface area contributed by atoms with Crippen LogP contribution in [0.2, 0.25) is 0 Å². The highest BCUT2D eigenvalue weighted by atomic mass is 19.1. The van der Waals surface area contributed by atoms with E-state index >= 15 is 0 Å². The van der Waals surface area contributed by atoms with Crippen molar-refractivity contribution in [2.24, 2.45) is 0 Å². The van der Waals surface area contributed by atoms with Crippen LogP contribution >= 0.6 is 0 Å². The number of rotatable bonds is 3. The Morgan fingerprint density at radius 2 is 1.92 bits per heavy atom. The van der Waals surface area contributed by atoms with Crippen LogP contribution in [0.1, 0.15) is 5.56 Å². The van der Waals surface area contributed by atoms with E-state index in [-0.39, 0.29) is 18.1 Å². The zero-order chi connectivity index (χ0) is 17.1. The van der Waals surface area contributed by atoms with E-state index in [1.165, 1.54) is 42.4 Å². The lowest BCUT2D eigenvalue weighted by atomic mass is 10.1. The molecule has 6 heteroatoms. The van der Waals surface area contributed by atoms with Gasteiger partial charge in [-0.15, -0.1) is 0 Å². The highest BCUT2D eigenvalue weighted by Gasteiger charge is 2.31. The molecule has 24 heavy (non-hydrogen) atoms. The average Bonchev–Trinajstić information content (AvgIpc) is 2.60. The average molecular weight is 327 g/mol. The summed E-state index contributed by atoms with van der Waals surface area (Å²) >= 11 is 0. The van der Waals surface area contributed by atoms with E-state index in [9.17, 15) is 14.0 Å². The van der Waals surface area contributed by atoms with Crippen molar-refractivity contribution in [3.05, 3.63) is 65.7 Å². The largest absolute Gasteiger partial charge is 0.468 e. The number of nitrogens with zero attached hydrogens (tertiary/aromatic N) is 1. The maximum atomic E-state index is 13.0. The lowest BCUT2D eigenvalue weighted by Gasteiger charge is -2.29. The van der Waals surface area contributed by atoms with Crippen LogP contribution < -0.4 is 9.64 Å². The van der Waals surface area contributed by atoms with E-state index in [1.54, 1.807) is 24.3 Å². The summed E-state index contributed by atoms with van der Waals surface area (Å²) in [5, 5.41) is 0. The Morgan fingerprint density at radius 1 is 1.21 bits per heavy atom. The van der Waals surface area contributed by atoms with E-state index in [4.69, 9.17) is 4.74 Å². The first kappa shape index (κ1) is 15.7. The van der Waals surface area contributed by atoms with Gasteiger partial charge in [-0.05, 0) is 35.9 Å². The summed E-state index contributed by atoms with van der Waals surface area (Å²) in [4.78, 5) is 25.6. The first-order valence-electron chi connectivity index (χ1n) is 7.21. The number of carbonyl (C=O) groups is 2. The molecule has 1 aliphatic rings. The fourth-order valence-corrected chi connectivity index (χ4v) is 2.32. The zero-order valence-corrected chi connectivity index (χ0v) is 12.9. The minimum absolute atomic E-state index is 0.0456. The molecule has 5 nitrogen and oxygen atoms in total. The second-order valence-corrected chi connectivity index (χ2v) is 5.10. The minimum Gasteiger partial charge on any atom is -0.468 e. The molecular formula is C18H14FNO4. The molecule has 0 aromatic heterocycles. The Hall–Kier alpha value is -3.15. The number of amides is 1. The third-order valence-electron chi connectivity index (χ3n) is 3.51. The Kier molecular flexibility index (Phi) is 4.29. The van der Waals surface area contributed by atoms with Gasteiger partial charge in [-0.2, -0.15) is 0 Å². The van der Waals surface area contributed by atoms with Gasteiger partial charge in [-0.1, -0.05) is 24.3 Å². The number of halogens is 1. The van der Waals surface area contributed by atoms with E-state index < -0.39 is 11.9 Å². The van der Waals surface area contributed by atoms with Crippen molar-refractivity contribution in [2.45, 2.75) is 0 Å². The fourth-order valence-electron chi connectivity index (χ4n) is 2.32. The SMILES string of the molecule is COC(=O)CN1C(=O)C(=Cc2ccc(F)cc2)Oc2ccccc21. The second kappa shape index (κ2) is 6.54. The maximum Gasteiger partial charge on any atom is 0.325 e. The van der Waals surface area contributed by atoms with Crippen LogP contribution in [0.25, 0.3) is 6.08 Å². The molecule has 0 spiro atoms. The van der Waals surface area contributed by atoms with Crippen molar-refractivity contribution in [3.8, 4) is 5.75 Å². The molecule has 0 saturated carbocycles. The smallest absolute Gasteiger partial charge is 0.325 e. The molecule has 0 aliphatic carbocycles. The third kappa shape index (κ3) is 3.12. The zero-order valence-electron chi connectivity index (χ0n) is 12.9. The predicted molar refractivity (Wildman–Crippen MR) is 85.8 cm³/mol. The molecule has 2 aromatic carbocycles. The van der Waals surface area contributed by atoms with Crippen molar-refractivity contribution in [3.63, 3.8) is 0 Å². The summed E-state index contributed by atoms with van der Waals surface area (Å²) in [5.41, 5.74) is 1.10. The normalized spacial score (nSPS) is 15.0. The molecule has 0 atom stereocenters. The molecule has 3 rings (SSSR count). The molecule has 0 saturated heterocycles. The van der Waals surface area contributed by atoms with Crippen LogP contribution in [0, 0.1) is 5.82 Å². The maximum absolute atomic E-state index is 13.0. The predicted octanol–water partition coefficient (Wildman–Crippen LogP) is 2.77. The molecule has 0 N–H and O–H groups in total. The lowest BCUT2D eigenvalue weighted by molar-refractivity contribution is -0.140. The molecule has 0 bridgehead atoms. The molecular weight excluding hydrogens is 313 g/mol. The number of anilines is 1. The van der Waals surface area contributed by atoms with E-state index in [0.29, 0.717) is 17.0 Å². The Labute approximate surface area is 137 Å². The van der Waals surface area contributed by atoms with Gasteiger partial charge in [0.05, 0.1) is 12.8 Å². The number of fused-ring (bicyclic) bond motifs is 1. The van der Waals surface area contributed by atoms with Crippen molar-refractivity contribution in [1.82, 2.24) is 0 Å². The highest BCUT2D eigenvalue weighted by Crippen LogP contribution is 2.35. The first-order valence-corrected chi connectivity index (χ1v) is 7.21. The lowest BCUT2D eigenvalue weighted by Crippen LogP contribution is -2.41. The van der Waals surface area contributed by atoms with Gasteiger partial charge in [0.15, 0.2) is 11.5 Å². The molecule has 122 valence electrons. The number of hydrogen-bond donors (Lipinski definition) is 0. The van der Waals surface area contributed by atoms with Crippen molar-refractivity contribution in [1.29, 1.82) is 0 Å². The Morgan fingerprint density at radius 3 is 2.62 bits per heavy atom. The van der Waals surface area contributed by atoms with E-state index in [2.05, 4.69) is 4.74 Å². The van der Waals surface area contributed by atoms with Crippen LogP contribution in [0.5, 0.6) is 5.75 Å². The molecule has 0 fully saturated rings. The van der Waals surface area contributed by atoms with E-state index in [0.717, 1.165) is 0 Å². The monoisotopic (exact) mass is 327 g/mol. The number of carbonyl (C=O) groups excluding carboxylic acids is 2. The number of ether oxygens (including phenoxy) is 2.